The standard InChI is InChI=1S/C13H6BrF2NO/c14-10-5-4-8(6-12(10)16)18-13-3-1-2-11(15)9(13)7-17/h1-6H. The van der Waals surface area contributed by atoms with Crippen molar-refractivity contribution in [2.45, 2.75) is 0 Å². The first-order valence-electron chi connectivity index (χ1n) is 4.93. The van der Waals surface area contributed by atoms with Crippen LogP contribution in [-0.2, 0) is 0 Å². The van der Waals surface area contributed by atoms with Gasteiger partial charge in [-0.3, -0.25) is 0 Å². The number of hydrogen-bond donors (Lipinski definition) is 0. The fourth-order valence-electron chi connectivity index (χ4n) is 1.37. The van der Waals surface area contributed by atoms with Crippen LogP contribution in [-0.4, -0.2) is 0 Å². The first-order valence-corrected chi connectivity index (χ1v) is 5.72. The van der Waals surface area contributed by atoms with Crippen LogP contribution in [0.25, 0.3) is 0 Å². The van der Waals surface area contributed by atoms with E-state index in [1.807, 2.05) is 0 Å². The third-order valence-electron chi connectivity index (χ3n) is 2.21. The summed E-state index contributed by atoms with van der Waals surface area (Å²) in [7, 11) is 0. The zero-order chi connectivity index (χ0) is 13.1. The van der Waals surface area contributed by atoms with Gasteiger partial charge in [-0.15, -0.1) is 0 Å². The van der Waals surface area contributed by atoms with Gasteiger partial charge in [0.15, 0.2) is 0 Å². The highest BCUT2D eigenvalue weighted by Crippen LogP contribution is 2.28. The molecule has 5 heteroatoms. The lowest BCUT2D eigenvalue weighted by molar-refractivity contribution is 0.469. The van der Waals surface area contributed by atoms with Crippen molar-refractivity contribution in [1.29, 1.82) is 5.26 Å². The molecule has 2 aromatic carbocycles. The van der Waals surface area contributed by atoms with Crippen LogP contribution < -0.4 is 4.74 Å². The Morgan fingerprint density at radius 2 is 1.89 bits per heavy atom. The average Bonchev–Trinajstić information content (AvgIpc) is 2.34. The highest BCUT2D eigenvalue weighted by atomic mass is 79.9. The predicted octanol–water partition coefficient (Wildman–Crippen LogP) is 4.39. The maximum Gasteiger partial charge on any atom is 0.148 e. The second kappa shape index (κ2) is 5.15. The van der Waals surface area contributed by atoms with Gasteiger partial charge in [0.1, 0.15) is 34.8 Å². The Bertz CT molecular complexity index is 637. The molecule has 0 aliphatic heterocycles. The molecular formula is C13H6BrF2NO. The Morgan fingerprint density at radius 3 is 2.56 bits per heavy atom. The van der Waals surface area contributed by atoms with Crippen LogP contribution in [0.4, 0.5) is 8.78 Å². The molecule has 0 N–H and O–H groups in total. The monoisotopic (exact) mass is 309 g/mol. The molecule has 0 spiro atoms. The van der Waals surface area contributed by atoms with Crippen LogP contribution in [0, 0.1) is 23.0 Å². The molecule has 0 amide bonds. The molecule has 0 unspecified atom stereocenters. The summed E-state index contributed by atoms with van der Waals surface area (Å²) in [4.78, 5) is 0. The molecule has 0 atom stereocenters. The molecule has 2 aromatic rings. The quantitative estimate of drug-likeness (QED) is 0.824. The fraction of sp³-hybridized carbons (Fsp3) is 0. The molecule has 18 heavy (non-hydrogen) atoms. The van der Waals surface area contributed by atoms with Crippen LogP contribution in [0.3, 0.4) is 0 Å². The van der Waals surface area contributed by atoms with E-state index in [2.05, 4.69) is 15.9 Å². The summed E-state index contributed by atoms with van der Waals surface area (Å²) in [6.45, 7) is 0. The van der Waals surface area contributed by atoms with Crippen molar-refractivity contribution in [3.05, 3.63) is 58.1 Å². The van der Waals surface area contributed by atoms with Gasteiger partial charge in [-0.1, -0.05) is 6.07 Å². The van der Waals surface area contributed by atoms with E-state index in [1.54, 1.807) is 6.07 Å². The molecule has 90 valence electrons. The molecule has 0 heterocycles. The van der Waals surface area contributed by atoms with Gasteiger partial charge < -0.3 is 4.74 Å². The molecule has 0 saturated carbocycles. The van der Waals surface area contributed by atoms with Crippen molar-refractivity contribution in [1.82, 2.24) is 0 Å². The average molecular weight is 310 g/mol. The first kappa shape index (κ1) is 12.5. The van der Waals surface area contributed by atoms with E-state index < -0.39 is 11.6 Å². The molecular weight excluding hydrogens is 304 g/mol. The van der Waals surface area contributed by atoms with Crippen LogP contribution >= 0.6 is 15.9 Å². The molecule has 2 rings (SSSR count). The Labute approximate surface area is 111 Å². The summed E-state index contributed by atoms with van der Waals surface area (Å²) in [6.07, 6.45) is 0. The summed E-state index contributed by atoms with van der Waals surface area (Å²) in [5.74, 6) is -0.924. The number of hydrogen-bond acceptors (Lipinski definition) is 2. The second-order valence-electron chi connectivity index (χ2n) is 3.40. The minimum absolute atomic E-state index is 0.0548. The Kier molecular flexibility index (Phi) is 3.58. The van der Waals surface area contributed by atoms with E-state index >= 15 is 0 Å². The lowest BCUT2D eigenvalue weighted by atomic mass is 10.2. The highest BCUT2D eigenvalue weighted by molar-refractivity contribution is 9.10. The van der Waals surface area contributed by atoms with Gasteiger partial charge >= 0.3 is 0 Å². The predicted molar refractivity (Wildman–Crippen MR) is 65.3 cm³/mol. The number of benzene rings is 2. The van der Waals surface area contributed by atoms with Crippen LogP contribution in [0.1, 0.15) is 5.56 Å². The molecule has 2 nitrogen and oxygen atoms in total. The van der Waals surface area contributed by atoms with Gasteiger partial charge in [-0.25, -0.2) is 8.78 Å². The third-order valence-corrected chi connectivity index (χ3v) is 2.85. The molecule has 0 aliphatic rings. The van der Waals surface area contributed by atoms with Crippen molar-refractivity contribution >= 4 is 15.9 Å². The van der Waals surface area contributed by atoms with Crippen molar-refractivity contribution in [2.24, 2.45) is 0 Å². The Hall–Kier alpha value is -1.93. The molecule has 0 aliphatic carbocycles. The number of halogens is 3. The van der Waals surface area contributed by atoms with Crippen molar-refractivity contribution in [3.63, 3.8) is 0 Å². The van der Waals surface area contributed by atoms with Crippen molar-refractivity contribution in [3.8, 4) is 17.6 Å². The van der Waals surface area contributed by atoms with E-state index in [1.165, 1.54) is 24.3 Å². The molecule has 0 radical (unpaired) electrons. The molecule has 0 aromatic heterocycles. The lowest BCUT2D eigenvalue weighted by Gasteiger charge is -2.08. The van der Waals surface area contributed by atoms with Gasteiger partial charge in [0.05, 0.1) is 4.47 Å². The zero-order valence-electron chi connectivity index (χ0n) is 8.95. The maximum absolute atomic E-state index is 13.3. The van der Waals surface area contributed by atoms with Gasteiger partial charge in [0.25, 0.3) is 0 Å². The minimum Gasteiger partial charge on any atom is -0.456 e. The van der Waals surface area contributed by atoms with Gasteiger partial charge in [0.2, 0.25) is 0 Å². The summed E-state index contributed by atoms with van der Waals surface area (Å²) in [6, 6.07) is 9.86. The van der Waals surface area contributed by atoms with Gasteiger partial charge in [-0.05, 0) is 40.2 Å². The van der Waals surface area contributed by atoms with Crippen LogP contribution in [0.5, 0.6) is 11.5 Å². The zero-order valence-corrected chi connectivity index (χ0v) is 10.5. The maximum atomic E-state index is 13.3. The minimum atomic E-state index is -0.674. The van der Waals surface area contributed by atoms with Crippen LogP contribution in [0.2, 0.25) is 0 Å². The molecule has 0 bridgehead atoms. The van der Waals surface area contributed by atoms with Crippen molar-refractivity contribution in [2.75, 3.05) is 0 Å². The van der Waals surface area contributed by atoms with Crippen LogP contribution in [0.15, 0.2) is 40.9 Å². The summed E-state index contributed by atoms with van der Waals surface area (Å²) >= 11 is 3.01. The Balaban J connectivity index is 2.37. The summed E-state index contributed by atoms with van der Waals surface area (Å²) in [5, 5.41) is 8.82. The summed E-state index contributed by atoms with van der Waals surface area (Å²) in [5.41, 5.74) is -0.208. The van der Waals surface area contributed by atoms with Crippen molar-refractivity contribution < 1.29 is 13.5 Å². The SMILES string of the molecule is N#Cc1c(F)cccc1Oc1ccc(Br)c(F)c1. The highest BCUT2D eigenvalue weighted by Gasteiger charge is 2.10. The van der Waals surface area contributed by atoms with E-state index in [-0.39, 0.29) is 17.1 Å². The molecule has 0 fully saturated rings. The van der Waals surface area contributed by atoms with E-state index in [4.69, 9.17) is 10.00 Å². The van der Waals surface area contributed by atoms with E-state index in [0.29, 0.717) is 4.47 Å². The van der Waals surface area contributed by atoms with E-state index in [0.717, 1.165) is 12.1 Å². The topological polar surface area (TPSA) is 33.0 Å². The number of nitriles is 1. The summed E-state index contributed by atoms with van der Waals surface area (Å²) < 4.78 is 32.2. The fourth-order valence-corrected chi connectivity index (χ4v) is 1.61. The normalized spacial score (nSPS) is 9.89. The lowest BCUT2D eigenvalue weighted by Crippen LogP contribution is -1.92. The molecule has 0 saturated heterocycles. The number of nitrogens with zero attached hydrogens (tertiary/aromatic N) is 1. The number of rotatable bonds is 2. The number of ether oxygens (including phenoxy) is 1. The Morgan fingerprint density at radius 1 is 1.11 bits per heavy atom. The largest absolute Gasteiger partial charge is 0.456 e. The first-order chi connectivity index (χ1) is 8.61. The van der Waals surface area contributed by atoms with Gasteiger partial charge in [0, 0.05) is 6.07 Å². The third kappa shape index (κ3) is 2.49. The van der Waals surface area contributed by atoms with Gasteiger partial charge in [-0.2, -0.15) is 5.26 Å². The second-order valence-corrected chi connectivity index (χ2v) is 4.26. The smallest absolute Gasteiger partial charge is 0.148 e. The van der Waals surface area contributed by atoms with E-state index in [9.17, 15) is 8.78 Å².